The molecule has 1 unspecified atom stereocenters. The van der Waals surface area contributed by atoms with E-state index < -0.39 is 0 Å². The van der Waals surface area contributed by atoms with Crippen molar-refractivity contribution in [2.45, 2.75) is 64.8 Å². The van der Waals surface area contributed by atoms with Gasteiger partial charge in [-0.25, -0.2) is 0 Å². The number of halogens is 1. The normalized spacial score (nSPS) is 18.6. The number of benzene rings is 1. The van der Waals surface area contributed by atoms with Gasteiger partial charge in [0.05, 0.1) is 19.8 Å². The molecule has 2 aliphatic rings. The number of aryl methyl sites for hydroxylation is 2. The van der Waals surface area contributed by atoms with Gasteiger partial charge in [0.1, 0.15) is 17.7 Å². The average Bonchev–Trinajstić information content (AvgIpc) is 3.33. The summed E-state index contributed by atoms with van der Waals surface area (Å²) in [6, 6.07) is 6.31. The topological polar surface area (TPSA) is 85.6 Å². The van der Waals surface area contributed by atoms with Crippen LogP contribution in [0.25, 0.3) is 0 Å². The van der Waals surface area contributed by atoms with Gasteiger partial charge in [-0.15, -0.1) is 34.2 Å². The maximum atomic E-state index is 6.20. The molecule has 1 aromatic carbocycles. The summed E-state index contributed by atoms with van der Waals surface area (Å²) < 4.78 is 13.9. The molecule has 0 radical (unpaired) electrons. The maximum Gasteiger partial charge on any atom is 0.191 e. The van der Waals surface area contributed by atoms with E-state index in [9.17, 15) is 0 Å². The summed E-state index contributed by atoms with van der Waals surface area (Å²) in [5, 5.41) is 15.5. The van der Waals surface area contributed by atoms with E-state index in [0.29, 0.717) is 19.7 Å². The Balaban J connectivity index is 0.00000272. The van der Waals surface area contributed by atoms with Gasteiger partial charge >= 0.3 is 0 Å². The molecule has 0 amide bonds. The van der Waals surface area contributed by atoms with E-state index in [-0.39, 0.29) is 30.1 Å². The molecule has 1 fully saturated rings. The zero-order chi connectivity index (χ0) is 20.8. The van der Waals surface area contributed by atoms with Crippen LogP contribution >= 0.6 is 24.0 Å². The fourth-order valence-electron chi connectivity index (χ4n) is 3.94. The number of fused-ring (bicyclic) bond motifs is 1. The number of aliphatic imine (C=N–C) groups is 1. The molecule has 3 heterocycles. The van der Waals surface area contributed by atoms with Crippen LogP contribution in [0.5, 0.6) is 5.75 Å². The van der Waals surface area contributed by atoms with Gasteiger partial charge in [-0.05, 0) is 31.4 Å². The first-order chi connectivity index (χ1) is 14.7. The average molecular weight is 540 g/mol. The van der Waals surface area contributed by atoms with Crippen LogP contribution in [0, 0.1) is 6.92 Å². The number of nitrogens with one attached hydrogen (secondary N) is 2. The van der Waals surface area contributed by atoms with Gasteiger partial charge < -0.3 is 24.7 Å². The van der Waals surface area contributed by atoms with Crippen LogP contribution < -0.4 is 15.4 Å². The summed E-state index contributed by atoms with van der Waals surface area (Å²) >= 11 is 0. The predicted molar refractivity (Wildman–Crippen MR) is 131 cm³/mol. The van der Waals surface area contributed by atoms with Crippen LogP contribution in [0.15, 0.2) is 23.2 Å². The van der Waals surface area contributed by atoms with Gasteiger partial charge in [0.2, 0.25) is 0 Å². The summed E-state index contributed by atoms with van der Waals surface area (Å²) in [4.78, 5) is 4.36. The number of aromatic nitrogens is 3. The van der Waals surface area contributed by atoms with Crippen molar-refractivity contribution >= 4 is 29.9 Å². The second kappa shape index (κ2) is 11.7. The smallest absolute Gasteiger partial charge is 0.191 e. The van der Waals surface area contributed by atoms with E-state index in [0.717, 1.165) is 54.9 Å². The monoisotopic (exact) mass is 540 g/mol. The minimum Gasteiger partial charge on any atom is -0.488 e. The minimum atomic E-state index is 0. The molecule has 170 valence electrons. The van der Waals surface area contributed by atoms with Crippen molar-refractivity contribution in [3.63, 3.8) is 0 Å². The molecule has 0 saturated carbocycles. The molecule has 8 nitrogen and oxygen atoms in total. The van der Waals surface area contributed by atoms with Crippen LogP contribution in [0.2, 0.25) is 0 Å². The number of hydrogen-bond donors (Lipinski definition) is 2. The Hall–Kier alpha value is -1.88. The number of rotatable bonds is 6. The second-order valence-electron chi connectivity index (χ2n) is 7.99. The lowest BCUT2D eigenvalue weighted by Gasteiger charge is -2.18. The molecule has 2 aliphatic heterocycles. The van der Waals surface area contributed by atoms with Crippen LogP contribution in [-0.4, -0.2) is 47.1 Å². The zero-order valence-corrected chi connectivity index (χ0v) is 20.7. The van der Waals surface area contributed by atoms with E-state index in [4.69, 9.17) is 9.47 Å². The van der Waals surface area contributed by atoms with Gasteiger partial charge in [0.25, 0.3) is 0 Å². The first-order valence-electron chi connectivity index (χ1n) is 10.9. The van der Waals surface area contributed by atoms with Gasteiger partial charge in [0, 0.05) is 38.5 Å². The maximum absolute atomic E-state index is 6.20. The highest BCUT2D eigenvalue weighted by atomic mass is 127. The molecule has 0 bridgehead atoms. The molecule has 2 aromatic rings. The van der Waals surface area contributed by atoms with Gasteiger partial charge in [-0.2, -0.15) is 0 Å². The summed E-state index contributed by atoms with van der Waals surface area (Å²) in [6.45, 7) is 5.74. The molecule has 0 spiro atoms. The van der Waals surface area contributed by atoms with Crippen molar-refractivity contribution in [2.24, 2.45) is 4.99 Å². The van der Waals surface area contributed by atoms with Crippen molar-refractivity contribution in [3.8, 4) is 5.75 Å². The third-order valence-electron chi connectivity index (χ3n) is 5.67. The highest BCUT2D eigenvalue weighted by Gasteiger charge is 2.19. The number of guanidine groups is 1. The number of nitrogens with zero attached hydrogens (tertiary/aromatic N) is 4. The van der Waals surface area contributed by atoms with E-state index >= 15 is 0 Å². The summed E-state index contributed by atoms with van der Waals surface area (Å²) in [7, 11) is 1.78. The quantitative estimate of drug-likeness (QED) is 0.333. The fourth-order valence-corrected chi connectivity index (χ4v) is 3.94. The molecule has 1 aromatic heterocycles. The van der Waals surface area contributed by atoms with Crippen molar-refractivity contribution in [1.82, 2.24) is 25.4 Å². The third kappa shape index (κ3) is 6.31. The third-order valence-corrected chi connectivity index (χ3v) is 5.67. The molecule has 2 N–H and O–H groups in total. The standard InChI is InChI=1S/C22H32N6O2.HI/c1-16-7-8-17(19(12-16)30-18-9-11-29-15-18)13-24-22(23-2)25-14-21-27-26-20-6-4-3-5-10-28(20)21;/h7-8,12,18H,3-6,9-11,13-15H2,1-2H3,(H2,23,24,25);1H. The number of hydrogen-bond acceptors (Lipinski definition) is 5. The Bertz CT molecular complexity index is 879. The number of ether oxygens (including phenoxy) is 2. The van der Waals surface area contributed by atoms with Crippen molar-refractivity contribution in [2.75, 3.05) is 20.3 Å². The highest BCUT2D eigenvalue weighted by Crippen LogP contribution is 2.23. The Kier molecular flexibility index (Phi) is 8.94. The summed E-state index contributed by atoms with van der Waals surface area (Å²) in [5.74, 6) is 3.72. The van der Waals surface area contributed by atoms with Crippen molar-refractivity contribution < 1.29 is 9.47 Å². The Morgan fingerprint density at radius 1 is 1.23 bits per heavy atom. The van der Waals surface area contributed by atoms with E-state index in [2.05, 4.69) is 55.5 Å². The predicted octanol–water partition coefficient (Wildman–Crippen LogP) is 2.96. The molecule has 1 saturated heterocycles. The zero-order valence-electron chi connectivity index (χ0n) is 18.4. The van der Waals surface area contributed by atoms with Crippen LogP contribution in [0.3, 0.4) is 0 Å². The largest absolute Gasteiger partial charge is 0.488 e. The van der Waals surface area contributed by atoms with E-state index in [1.54, 1.807) is 7.05 Å². The molecule has 31 heavy (non-hydrogen) atoms. The molecular weight excluding hydrogens is 507 g/mol. The van der Waals surface area contributed by atoms with Gasteiger partial charge in [0.15, 0.2) is 11.8 Å². The lowest BCUT2D eigenvalue weighted by Crippen LogP contribution is -2.37. The van der Waals surface area contributed by atoms with Gasteiger partial charge in [-0.1, -0.05) is 18.6 Å². The molecular formula is C22H33IN6O2. The van der Waals surface area contributed by atoms with Crippen LogP contribution in [0.4, 0.5) is 0 Å². The summed E-state index contributed by atoms with van der Waals surface area (Å²) in [6.07, 6.45) is 5.73. The fraction of sp³-hybridized carbons (Fsp3) is 0.591. The van der Waals surface area contributed by atoms with Crippen LogP contribution in [0.1, 0.15) is 48.5 Å². The first-order valence-corrected chi connectivity index (χ1v) is 10.9. The first kappa shape index (κ1) is 23.8. The molecule has 9 heteroatoms. The highest BCUT2D eigenvalue weighted by molar-refractivity contribution is 14.0. The Labute approximate surface area is 201 Å². The molecule has 1 atom stereocenters. The lowest BCUT2D eigenvalue weighted by molar-refractivity contribution is 0.140. The Morgan fingerprint density at radius 2 is 2.10 bits per heavy atom. The van der Waals surface area contributed by atoms with Crippen molar-refractivity contribution in [1.29, 1.82) is 0 Å². The van der Waals surface area contributed by atoms with Crippen LogP contribution in [-0.2, 0) is 30.8 Å². The molecule has 0 aliphatic carbocycles. The SMILES string of the molecule is CN=C(NCc1ccc(C)cc1OC1CCOC1)NCc1nnc2n1CCCCC2.I. The van der Waals surface area contributed by atoms with E-state index in [1.165, 1.54) is 24.8 Å². The van der Waals surface area contributed by atoms with Gasteiger partial charge in [-0.3, -0.25) is 4.99 Å². The van der Waals surface area contributed by atoms with Crippen molar-refractivity contribution in [3.05, 3.63) is 41.0 Å². The minimum absolute atomic E-state index is 0. The van der Waals surface area contributed by atoms with E-state index in [1.807, 2.05) is 0 Å². The Morgan fingerprint density at radius 3 is 2.90 bits per heavy atom. The second-order valence-corrected chi connectivity index (χ2v) is 7.99. The molecule has 4 rings (SSSR count). The lowest BCUT2D eigenvalue weighted by atomic mass is 10.1. The summed E-state index contributed by atoms with van der Waals surface area (Å²) in [5.41, 5.74) is 2.29.